The second kappa shape index (κ2) is 7.34. The van der Waals surface area contributed by atoms with E-state index in [0.29, 0.717) is 75.6 Å². The Bertz CT molecular complexity index is 1780. The first-order valence-corrected chi connectivity index (χ1v) is 16.1. The van der Waals surface area contributed by atoms with Gasteiger partial charge in [-0.15, -0.1) is 0 Å². The first-order valence-electron chi connectivity index (χ1n) is 16.1. The third kappa shape index (κ3) is 2.17. The third-order valence-electron chi connectivity index (χ3n) is 15.1. The van der Waals surface area contributed by atoms with Gasteiger partial charge in [0.05, 0.1) is 14.2 Å². The lowest BCUT2D eigenvalue weighted by atomic mass is 9.30. The molecule has 0 unspecified atom stereocenters. The summed E-state index contributed by atoms with van der Waals surface area (Å²) in [6.45, 7) is 5.33. The van der Waals surface area contributed by atoms with E-state index in [2.05, 4.69) is 62.4 Å². The van der Waals surface area contributed by atoms with Gasteiger partial charge in [-0.1, -0.05) is 38.1 Å². The molecule has 4 nitrogen and oxygen atoms in total. The second-order valence-corrected chi connectivity index (χ2v) is 15.2. The monoisotopic (exact) mass is 552 g/mol. The van der Waals surface area contributed by atoms with Crippen molar-refractivity contribution in [2.24, 2.45) is 58.2 Å². The van der Waals surface area contributed by atoms with E-state index in [1.54, 1.807) is 0 Å². The molecule has 7 aliphatic carbocycles. The smallest absolute Gasteiger partial charge is 0.130 e. The summed E-state index contributed by atoms with van der Waals surface area (Å²) >= 11 is 0. The van der Waals surface area contributed by atoms with Crippen LogP contribution in [0.1, 0.15) is 62.5 Å². The van der Waals surface area contributed by atoms with Gasteiger partial charge in [0.2, 0.25) is 0 Å². The molecule has 6 fully saturated rings. The van der Waals surface area contributed by atoms with Gasteiger partial charge in [-0.3, -0.25) is 0 Å². The van der Waals surface area contributed by atoms with E-state index in [4.69, 9.17) is 9.47 Å². The highest BCUT2D eigenvalue weighted by atomic mass is 16.5. The summed E-state index contributed by atoms with van der Waals surface area (Å²) in [5.41, 5.74) is 5.18. The molecular weight excluding hydrogens is 516 g/mol. The number of nitriles is 2. The van der Waals surface area contributed by atoms with E-state index >= 15 is 0 Å². The molecule has 42 heavy (non-hydrogen) atoms. The van der Waals surface area contributed by atoms with Crippen LogP contribution < -0.4 is 9.47 Å². The number of benzene rings is 3. The van der Waals surface area contributed by atoms with Gasteiger partial charge in [-0.2, -0.15) is 10.5 Å². The zero-order valence-electron chi connectivity index (χ0n) is 24.8. The molecule has 6 bridgehead atoms. The van der Waals surface area contributed by atoms with Gasteiger partial charge in [-0.25, -0.2) is 0 Å². The maximum Gasteiger partial charge on any atom is 0.130 e. The number of methoxy groups -OCH3 is 2. The van der Waals surface area contributed by atoms with Gasteiger partial charge < -0.3 is 9.47 Å². The van der Waals surface area contributed by atoms with Gasteiger partial charge in [0.1, 0.15) is 29.2 Å². The minimum atomic E-state index is 0.298. The number of nitrogens with zero attached hydrogens (tertiary/aromatic N) is 2. The Labute approximate surface area is 247 Å². The maximum atomic E-state index is 9.87. The standard InChI is InChI=1S/C38H36N2O2/c1-37-26-14-27(30-21-10-9-20(29(26)30)28(21)19(15-39)16-40)38(37,2)34-25-13-24(33(34)37)31-32(25)36(42-4)23-12-18-8-6-5-7-17(18)11-22(23)35(31)41-3/h5-8,11-12,20-21,24-27,29-30,33-34H,9-10,13-14H2,1-4H3/t20-,21+,24+,25-,26-,27+,29+,30-,33+,34-,37-,38+. The van der Waals surface area contributed by atoms with E-state index in [-0.39, 0.29) is 0 Å². The number of hydrogen-bond donors (Lipinski definition) is 0. The fraction of sp³-hybridized carbons (Fsp3) is 0.526. The van der Waals surface area contributed by atoms with Crippen LogP contribution in [0.15, 0.2) is 47.5 Å². The van der Waals surface area contributed by atoms with Crippen LogP contribution in [0.5, 0.6) is 11.5 Å². The fourth-order valence-electron chi connectivity index (χ4n) is 14.3. The molecule has 3 aromatic rings. The average Bonchev–Trinajstić information content (AvgIpc) is 3.84. The van der Waals surface area contributed by atoms with Crippen LogP contribution >= 0.6 is 0 Å². The van der Waals surface area contributed by atoms with Crippen LogP contribution in [0, 0.1) is 80.8 Å². The van der Waals surface area contributed by atoms with Crippen molar-refractivity contribution in [3.63, 3.8) is 0 Å². The van der Waals surface area contributed by atoms with Crippen molar-refractivity contribution in [2.45, 2.75) is 51.4 Å². The van der Waals surface area contributed by atoms with Crippen molar-refractivity contribution in [3.8, 4) is 23.6 Å². The van der Waals surface area contributed by atoms with E-state index in [9.17, 15) is 10.5 Å². The fourth-order valence-corrected chi connectivity index (χ4v) is 14.3. The summed E-state index contributed by atoms with van der Waals surface area (Å²) < 4.78 is 12.7. The van der Waals surface area contributed by atoms with Crippen molar-refractivity contribution in [2.75, 3.05) is 14.2 Å². The molecule has 0 saturated heterocycles. The quantitative estimate of drug-likeness (QED) is 0.139. The summed E-state index contributed by atoms with van der Waals surface area (Å²) in [6, 6.07) is 17.9. The Morgan fingerprint density at radius 3 is 1.64 bits per heavy atom. The van der Waals surface area contributed by atoms with Gasteiger partial charge in [-0.05, 0) is 124 Å². The number of hydrogen-bond acceptors (Lipinski definition) is 4. The molecule has 0 aromatic heterocycles. The minimum absolute atomic E-state index is 0.298. The summed E-state index contributed by atoms with van der Waals surface area (Å²) in [6.07, 6.45) is 4.93. The SMILES string of the molecule is COc1c2c(c(OC)c3cc4ccccc4cc13)[C@@H]1C[C@H]2[C@@H]2[C@H]1[C@@]1(C)[C@@H]3C[C@@H]([C@@H]4[C@H]3[C@@H]3CC[C@H]4C3=C(C#N)C#N)[C@@]21C. The molecule has 0 aliphatic heterocycles. The minimum Gasteiger partial charge on any atom is -0.496 e. The van der Waals surface area contributed by atoms with E-state index in [0.717, 1.165) is 11.5 Å². The van der Waals surface area contributed by atoms with Crippen molar-refractivity contribution in [3.05, 3.63) is 58.7 Å². The van der Waals surface area contributed by atoms with Gasteiger partial charge in [0, 0.05) is 21.9 Å². The van der Waals surface area contributed by atoms with Crippen molar-refractivity contribution in [1.29, 1.82) is 10.5 Å². The molecule has 7 aliphatic rings. The van der Waals surface area contributed by atoms with Crippen LogP contribution in [0.3, 0.4) is 0 Å². The Balaban J connectivity index is 1.17. The van der Waals surface area contributed by atoms with Gasteiger partial charge in [0.25, 0.3) is 0 Å². The highest BCUT2D eigenvalue weighted by molar-refractivity contribution is 6.05. The summed E-state index contributed by atoms with van der Waals surface area (Å²) in [5, 5.41) is 24.6. The van der Waals surface area contributed by atoms with Gasteiger partial charge >= 0.3 is 0 Å². The molecular formula is C38H36N2O2. The summed E-state index contributed by atoms with van der Waals surface area (Å²) in [5.74, 6) is 8.16. The number of ether oxygens (including phenoxy) is 2. The lowest BCUT2D eigenvalue weighted by Crippen LogP contribution is -2.69. The number of rotatable bonds is 2. The van der Waals surface area contributed by atoms with E-state index in [1.165, 1.54) is 63.9 Å². The van der Waals surface area contributed by atoms with Crippen LogP contribution in [-0.4, -0.2) is 14.2 Å². The Kier molecular flexibility index (Phi) is 4.19. The second-order valence-electron chi connectivity index (χ2n) is 15.2. The molecule has 0 N–H and O–H groups in total. The van der Waals surface area contributed by atoms with E-state index in [1.807, 2.05) is 14.2 Å². The van der Waals surface area contributed by atoms with Crippen molar-refractivity contribution in [1.82, 2.24) is 0 Å². The molecule has 210 valence electrons. The molecule has 0 heterocycles. The highest BCUT2D eigenvalue weighted by Gasteiger charge is 2.87. The molecule has 6 saturated carbocycles. The first-order chi connectivity index (χ1) is 20.4. The Morgan fingerprint density at radius 2 is 1.21 bits per heavy atom. The molecule has 4 heteroatoms. The van der Waals surface area contributed by atoms with Crippen LogP contribution in [0.2, 0.25) is 0 Å². The van der Waals surface area contributed by atoms with E-state index < -0.39 is 0 Å². The normalized spacial score (nSPS) is 43.9. The molecule has 0 spiro atoms. The zero-order valence-corrected chi connectivity index (χ0v) is 24.8. The predicted octanol–water partition coefficient (Wildman–Crippen LogP) is 8.12. The molecule has 0 radical (unpaired) electrons. The first kappa shape index (κ1) is 24.0. The topological polar surface area (TPSA) is 66.0 Å². The van der Waals surface area contributed by atoms with Gasteiger partial charge in [0.15, 0.2) is 0 Å². The molecule has 3 aromatic carbocycles. The molecule has 10 rings (SSSR count). The van der Waals surface area contributed by atoms with Crippen molar-refractivity contribution < 1.29 is 9.47 Å². The molecule has 0 amide bonds. The number of fused-ring (bicyclic) bond motifs is 24. The Hall–Kier alpha value is -3.50. The van der Waals surface area contributed by atoms with Crippen LogP contribution in [0.4, 0.5) is 0 Å². The molecule has 12 atom stereocenters. The highest BCUT2D eigenvalue weighted by Crippen LogP contribution is 2.93. The Morgan fingerprint density at radius 1 is 0.738 bits per heavy atom. The lowest BCUT2D eigenvalue weighted by Gasteiger charge is -2.73. The lowest BCUT2D eigenvalue weighted by molar-refractivity contribution is -0.249. The largest absolute Gasteiger partial charge is 0.496 e. The average molecular weight is 553 g/mol. The van der Waals surface area contributed by atoms with Crippen LogP contribution in [0.25, 0.3) is 21.5 Å². The summed E-state index contributed by atoms with van der Waals surface area (Å²) in [4.78, 5) is 0. The summed E-state index contributed by atoms with van der Waals surface area (Å²) in [7, 11) is 3.72. The maximum absolute atomic E-state index is 9.87. The predicted molar refractivity (Wildman–Crippen MR) is 161 cm³/mol. The third-order valence-corrected chi connectivity index (χ3v) is 15.1. The van der Waals surface area contributed by atoms with Crippen molar-refractivity contribution >= 4 is 21.5 Å². The zero-order chi connectivity index (χ0) is 28.4. The number of allylic oxidation sites excluding steroid dienone is 2. The van der Waals surface area contributed by atoms with Crippen LogP contribution in [-0.2, 0) is 0 Å².